The summed E-state index contributed by atoms with van der Waals surface area (Å²) in [5.41, 5.74) is 0. The van der Waals surface area contributed by atoms with Gasteiger partial charge >= 0.3 is 18.9 Å². The van der Waals surface area contributed by atoms with Gasteiger partial charge in [0.25, 0.3) is 0 Å². The van der Waals surface area contributed by atoms with Gasteiger partial charge in [0, 0.05) is 6.20 Å². The third-order valence-electron chi connectivity index (χ3n) is 1.16. The van der Waals surface area contributed by atoms with Crippen LogP contribution in [0.1, 0.15) is 0 Å². The van der Waals surface area contributed by atoms with E-state index < -0.39 is 11.1 Å². The molecule has 1 aromatic rings. The second kappa shape index (κ2) is 5.63. The molecule has 0 fully saturated rings. The number of hydrogen-bond donors (Lipinski definition) is 0. The molecule has 0 saturated heterocycles. The van der Waals surface area contributed by atoms with Crippen LogP contribution in [0.4, 0.5) is 0 Å². The first-order valence-electron chi connectivity index (χ1n) is 2.94. The van der Waals surface area contributed by atoms with E-state index in [1.807, 2.05) is 0 Å². The van der Waals surface area contributed by atoms with E-state index in [-0.39, 0.29) is 34.7 Å². The van der Waals surface area contributed by atoms with Gasteiger partial charge in [-0.15, -0.1) is 0 Å². The fourth-order valence-corrected chi connectivity index (χ4v) is 1.41. The average molecular weight is 214 g/mol. The SMILES string of the molecule is COc1ncc(Cl)cc1S(=O)[O-].[Li+]. The molecule has 0 aliphatic rings. The van der Waals surface area contributed by atoms with E-state index in [2.05, 4.69) is 4.98 Å². The zero-order chi connectivity index (χ0) is 9.14. The molecule has 0 spiro atoms. The third kappa shape index (κ3) is 3.29. The average Bonchev–Trinajstić information content (AvgIpc) is 2.04. The molecular formula is C6H5ClLiNO3S. The van der Waals surface area contributed by atoms with Crippen LogP contribution in [0.3, 0.4) is 0 Å². The molecule has 1 unspecified atom stereocenters. The summed E-state index contributed by atoms with van der Waals surface area (Å²) in [7, 11) is 1.34. The Hall–Kier alpha value is -0.0526. The zero-order valence-corrected chi connectivity index (χ0v) is 8.69. The maximum absolute atomic E-state index is 10.6. The number of nitrogens with zero attached hydrogens (tertiary/aromatic N) is 1. The maximum atomic E-state index is 10.6. The fourth-order valence-electron chi connectivity index (χ4n) is 0.681. The topological polar surface area (TPSA) is 62.2 Å². The molecule has 1 rings (SSSR count). The molecule has 66 valence electrons. The number of pyridine rings is 1. The number of rotatable bonds is 2. The largest absolute Gasteiger partial charge is 1.00 e. The van der Waals surface area contributed by atoms with Crippen molar-refractivity contribution in [3.05, 3.63) is 17.3 Å². The predicted octanol–water partition coefficient (Wildman–Crippen LogP) is -2.01. The quantitative estimate of drug-likeness (QED) is 0.421. The van der Waals surface area contributed by atoms with Crippen molar-refractivity contribution in [3.63, 3.8) is 0 Å². The van der Waals surface area contributed by atoms with Gasteiger partial charge in [-0.25, -0.2) is 4.98 Å². The Morgan fingerprint density at radius 1 is 1.69 bits per heavy atom. The Balaban J connectivity index is 0.00000144. The van der Waals surface area contributed by atoms with Gasteiger partial charge in [-0.3, -0.25) is 4.21 Å². The summed E-state index contributed by atoms with van der Waals surface area (Å²) in [5.74, 6) is 0.0488. The van der Waals surface area contributed by atoms with E-state index >= 15 is 0 Å². The molecule has 0 amide bonds. The Morgan fingerprint density at radius 2 is 2.31 bits per heavy atom. The van der Waals surface area contributed by atoms with Crippen molar-refractivity contribution >= 4 is 22.7 Å². The summed E-state index contributed by atoms with van der Waals surface area (Å²) in [6, 6.07) is 1.27. The summed E-state index contributed by atoms with van der Waals surface area (Å²) >= 11 is 3.15. The molecule has 0 aromatic carbocycles. The van der Waals surface area contributed by atoms with Crippen LogP contribution in [0.5, 0.6) is 5.88 Å². The van der Waals surface area contributed by atoms with Crippen LogP contribution in [0, 0.1) is 0 Å². The Morgan fingerprint density at radius 3 is 2.77 bits per heavy atom. The van der Waals surface area contributed by atoms with E-state index in [0.29, 0.717) is 0 Å². The van der Waals surface area contributed by atoms with Gasteiger partial charge in [-0.1, -0.05) is 11.6 Å². The molecular weight excluding hydrogens is 209 g/mol. The summed E-state index contributed by atoms with van der Waals surface area (Å²) < 4.78 is 25.8. The van der Waals surface area contributed by atoms with Gasteiger partial charge < -0.3 is 9.29 Å². The molecule has 0 aliphatic carbocycles. The van der Waals surface area contributed by atoms with Crippen molar-refractivity contribution in [2.24, 2.45) is 0 Å². The van der Waals surface area contributed by atoms with Gasteiger partial charge in [0.15, 0.2) is 0 Å². The van der Waals surface area contributed by atoms with Crippen LogP contribution in [-0.4, -0.2) is 20.9 Å². The van der Waals surface area contributed by atoms with Gasteiger partial charge in [-0.2, -0.15) is 0 Å². The summed E-state index contributed by atoms with van der Waals surface area (Å²) in [6.07, 6.45) is 1.32. The molecule has 1 heterocycles. The molecule has 13 heavy (non-hydrogen) atoms. The molecule has 0 bridgehead atoms. The summed E-state index contributed by atoms with van der Waals surface area (Å²) in [4.78, 5) is 3.63. The van der Waals surface area contributed by atoms with Crippen molar-refractivity contribution in [1.82, 2.24) is 4.98 Å². The normalized spacial score (nSPS) is 11.6. The maximum Gasteiger partial charge on any atom is 1.00 e. The Kier molecular flexibility index (Phi) is 5.61. The van der Waals surface area contributed by atoms with Crippen LogP contribution in [-0.2, 0) is 11.1 Å². The second-order valence-electron chi connectivity index (χ2n) is 1.90. The van der Waals surface area contributed by atoms with Gasteiger partial charge in [0.2, 0.25) is 5.88 Å². The van der Waals surface area contributed by atoms with Crippen LogP contribution in [0.25, 0.3) is 0 Å². The van der Waals surface area contributed by atoms with Crippen LogP contribution in [0.2, 0.25) is 5.02 Å². The predicted molar refractivity (Wildman–Crippen MR) is 43.0 cm³/mol. The summed E-state index contributed by atoms with van der Waals surface area (Å²) in [6.45, 7) is 0. The van der Waals surface area contributed by atoms with Crippen molar-refractivity contribution in [2.75, 3.05) is 7.11 Å². The van der Waals surface area contributed by atoms with Crippen molar-refractivity contribution in [3.8, 4) is 5.88 Å². The second-order valence-corrected chi connectivity index (χ2v) is 3.24. The molecule has 4 nitrogen and oxygen atoms in total. The molecule has 1 atom stereocenters. The van der Waals surface area contributed by atoms with Crippen LogP contribution in [0.15, 0.2) is 17.2 Å². The standard InChI is InChI=1S/C6H6ClNO3S.Li/c1-11-6-5(12(9)10)2-4(7)3-8-6;/h2-3H,1H3,(H,9,10);/q;+1/p-1. The first kappa shape index (κ1) is 12.9. The van der Waals surface area contributed by atoms with E-state index in [4.69, 9.17) is 16.3 Å². The van der Waals surface area contributed by atoms with E-state index in [1.165, 1.54) is 19.4 Å². The van der Waals surface area contributed by atoms with Gasteiger partial charge in [-0.05, 0) is 17.1 Å². The van der Waals surface area contributed by atoms with Crippen molar-refractivity contribution < 1.29 is 32.4 Å². The molecule has 0 N–H and O–H groups in total. The number of aromatic nitrogens is 1. The first-order chi connectivity index (χ1) is 5.65. The van der Waals surface area contributed by atoms with Crippen LogP contribution >= 0.6 is 11.6 Å². The van der Waals surface area contributed by atoms with Crippen molar-refractivity contribution in [1.29, 1.82) is 0 Å². The number of halogens is 1. The monoisotopic (exact) mass is 213 g/mol. The molecule has 0 saturated carbocycles. The molecule has 0 radical (unpaired) electrons. The summed E-state index contributed by atoms with van der Waals surface area (Å²) in [5, 5.41) is 0.259. The number of methoxy groups -OCH3 is 1. The first-order valence-corrected chi connectivity index (χ1v) is 4.39. The minimum atomic E-state index is -2.37. The molecule has 1 aromatic heterocycles. The van der Waals surface area contributed by atoms with Crippen molar-refractivity contribution in [2.45, 2.75) is 4.90 Å². The Bertz CT molecular complexity index is 323. The number of ether oxygens (including phenoxy) is 1. The Labute approximate surface area is 95.1 Å². The fraction of sp³-hybridized carbons (Fsp3) is 0.167. The molecule has 0 aliphatic heterocycles. The number of hydrogen-bond acceptors (Lipinski definition) is 4. The van der Waals surface area contributed by atoms with E-state index in [0.717, 1.165) is 0 Å². The van der Waals surface area contributed by atoms with Gasteiger partial charge in [0.1, 0.15) is 0 Å². The van der Waals surface area contributed by atoms with Crippen LogP contribution < -0.4 is 23.6 Å². The minimum Gasteiger partial charge on any atom is -0.768 e. The third-order valence-corrected chi connectivity index (χ3v) is 2.02. The smallest absolute Gasteiger partial charge is 0.768 e. The minimum absolute atomic E-state index is 0. The van der Waals surface area contributed by atoms with E-state index in [1.54, 1.807) is 0 Å². The van der Waals surface area contributed by atoms with Gasteiger partial charge in [0.05, 0.1) is 17.0 Å². The zero-order valence-electron chi connectivity index (χ0n) is 7.11. The molecule has 7 heteroatoms. The van der Waals surface area contributed by atoms with E-state index in [9.17, 15) is 8.76 Å².